The highest BCUT2D eigenvalue weighted by Gasteiger charge is 2.61. The van der Waals surface area contributed by atoms with E-state index in [4.69, 9.17) is 31.4 Å². The van der Waals surface area contributed by atoms with E-state index >= 15 is 0 Å². The lowest BCUT2D eigenvalue weighted by Crippen LogP contribution is -2.76. The molecule has 0 aliphatic carbocycles. The third-order valence-electron chi connectivity index (χ3n) is 3.81. The summed E-state index contributed by atoms with van der Waals surface area (Å²) in [5, 5.41) is -2.39. The van der Waals surface area contributed by atoms with Gasteiger partial charge in [-0.3, -0.25) is 0 Å². The summed E-state index contributed by atoms with van der Waals surface area (Å²) in [6.07, 6.45) is -18.2. The Balaban J connectivity index is 3.16. The van der Waals surface area contributed by atoms with Crippen molar-refractivity contribution in [2.75, 3.05) is 6.54 Å². The molecule has 1 fully saturated rings. The highest BCUT2D eigenvalue weighted by Crippen LogP contribution is 2.37. The van der Waals surface area contributed by atoms with Crippen LogP contribution in [-0.2, 0) is 4.74 Å². The average molecular weight is 375 g/mol. The van der Waals surface area contributed by atoms with Gasteiger partial charge in [0.25, 0.3) is 6.10 Å². The van der Waals surface area contributed by atoms with E-state index in [1.54, 1.807) is 20.8 Å². The number of carbonyl (C=O) groups is 1. The van der Waals surface area contributed by atoms with Crippen LogP contribution in [0.2, 0.25) is 0 Å². The van der Waals surface area contributed by atoms with Gasteiger partial charge in [-0.1, -0.05) is 0 Å². The van der Waals surface area contributed by atoms with E-state index in [0.717, 1.165) is 0 Å². The summed E-state index contributed by atoms with van der Waals surface area (Å²) in [4.78, 5) is 13.7. The molecule has 8 radical (unpaired) electrons. The number of amides is 1. The molecule has 1 aliphatic rings. The molecule has 0 aromatic heterocycles. The first-order valence-electron chi connectivity index (χ1n) is 7.30. The second-order valence-electron chi connectivity index (χ2n) is 6.94. The Morgan fingerprint density at radius 3 is 1.85 bits per heavy atom. The van der Waals surface area contributed by atoms with Gasteiger partial charge >= 0.3 is 18.4 Å². The number of hydrogen-bond acceptors (Lipinski definition) is 3. The summed E-state index contributed by atoms with van der Waals surface area (Å²) in [5.41, 5.74) is -0.655. The van der Waals surface area contributed by atoms with Crippen molar-refractivity contribution in [3.8, 4) is 0 Å². The third kappa shape index (κ3) is 4.67. The van der Waals surface area contributed by atoms with Crippen molar-refractivity contribution in [3.63, 3.8) is 0 Å². The maximum atomic E-state index is 12.6. The smallest absolute Gasteiger partial charge is 0.427 e. The molecule has 0 saturated carbocycles. The number of ether oxygens (including phenoxy) is 1. The fourth-order valence-electron chi connectivity index (χ4n) is 2.54. The first-order valence-corrected chi connectivity index (χ1v) is 7.30. The Labute approximate surface area is 152 Å². The zero-order valence-corrected chi connectivity index (χ0v) is 14.2. The van der Waals surface area contributed by atoms with Gasteiger partial charge in [0.1, 0.15) is 7.85 Å². The third-order valence-corrected chi connectivity index (χ3v) is 3.81. The topological polar surface area (TPSA) is 32.8 Å². The summed E-state index contributed by atoms with van der Waals surface area (Å²) in [6, 6.07) is 0. The fourth-order valence-corrected chi connectivity index (χ4v) is 2.54. The predicted molar refractivity (Wildman–Crippen MR) is 84.0 cm³/mol. The highest BCUT2D eigenvalue weighted by atomic mass is 19.4. The van der Waals surface area contributed by atoms with Gasteiger partial charge in [-0.15, -0.1) is 0 Å². The molecule has 1 amide bonds. The van der Waals surface area contributed by atoms with Gasteiger partial charge in [-0.2, -0.15) is 26.3 Å². The van der Waals surface area contributed by atoms with Crippen molar-refractivity contribution >= 4 is 37.5 Å². The van der Waals surface area contributed by atoms with E-state index in [1.165, 1.54) is 4.90 Å². The van der Waals surface area contributed by atoms with E-state index < -0.39 is 47.3 Å². The van der Waals surface area contributed by atoms with Crippen LogP contribution in [0, 0.1) is 0 Å². The average Bonchev–Trinajstić information content (AvgIpc) is 2.36. The van der Waals surface area contributed by atoms with Crippen LogP contribution in [0.4, 0.5) is 31.1 Å². The number of rotatable bonds is 1. The molecule has 0 spiro atoms. The molecule has 4 nitrogen and oxygen atoms in total. The Morgan fingerprint density at radius 2 is 1.50 bits per heavy atom. The zero-order valence-electron chi connectivity index (χ0n) is 14.2. The molecule has 1 saturated heterocycles. The molecule has 2 unspecified atom stereocenters. The first kappa shape index (κ1) is 23.1. The molecule has 0 N–H and O–H groups in total. The minimum Gasteiger partial charge on any atom is -0.427 e. The van der Waals surface area contributed by atoms with Crippen LogP contribution in [0.25, 0.3) is 0 Å². The van der Waals surface area contributed by atoms with Gasteiger partial charge in [-0.25, -0.2) is 4.79 Å². The van der Waals surface area contributed by atoms with Crippen molar-refractivity contribution in [2.24, 2.45) is 0 Å². The summed E-state index contributed by atoms with van der Waals surface area (Å²) >= 11 is 0. The van der Waals surface area contributed by atoms with Gasteiger partial charge < -0.3 is 14.5 Å². The monoisotopic (exact) mass is 376 g/mol. The Morgan fingerprint density at radius 1 is 1.08 bits per heavy atom. The van der Waals surface area contributed by atoms with E-state index in [0.29, 0.717) is 0 Å². The molecule has 2 atom stereocenters. The summed E-state index contributed by atoms with van der Waals surface area (Å²) < 4.78 is 79.1. The molecule has 1 aliphatic heterocycles. The van der Waals surface area contributed by atoms with E-state index in [2.05, 4.69) is 4.74 Å². The highest BCUT2D eigenvalue weighted by molar-refractivity contribution is 6.45. The standard InChI is InChI=1S/C12H14B4F6N2O2/c1-9(2,3)23-4-5(13)24(10(15,16)7(23)14)8(25)26-6(11(17,18)19)12(20,21)22/h5-7H,4H2,1-3H3. The van der Waals surface area contributed by atoms with Gasteiger partial charge in [0.05, 0.1) is 23.5 Å². The van der Waals surface area contributed by atoms with Crippen molar-refractivity contribution < 1.29 is 35.9 Å². The largest absolute Gasteiger partial charge is 0.434 e. The van der Waals surface area contributed by atoms with Gasteiger partial charge in [0, 0.05) is 18.0 Å². The van der Waals surface area contributed by atoms with Crippen LogP contribution < -0.4 is 0 Å². The molecule has 0 aromatic carbocycles. The molecular formula is C12H14B4F6N2O2. The Bertz CT molecular complexity index is 523. The summed E-state index contributed by atoms with van der Waals surface area (Å²) in [5.74, 6) is -2.80. The maximum absolute atomic E-state index is 12.6. The second-order valence-corrected chi connectivity index (χ2v) is 6.94. The first-order chi connectivity index (χ1) is 11.3. The molecular weight excluding hydrogens is 361 g/mol. The molecule has 0 aromatic rings. The van der Waals surface area contributed by atoms with Crippen LogP contribution in [-0.4, -0.2) is 95.0 Å². The van der Waals surface area contributed by atoms with Crippen LogP contribution in [0.15, 0.2) is 0 Å². The molecule has 1 heterocycles. The Kier molecular flexibility index (Phi) is 6.14. The number of halogens is 6. The minimum absolute atomic E-state index is 0.185. The fraction of sp³-hybridized carbons (Fsp3) is 0.917. The van der Waals surface area contributed by atoms with Crippen molar-refractivity contribution in [1.29, 1.82) is 0 Å². The van der Waals surface area contributed by atoms with Gasteiger partial charge in [0.2, 0.25) is 0 Å². The Hall–Kier alpha value is -0.930. The van der Waals surface area contributed by atoms with Crippen LogP contribution >= 0.6 is 0 Å². The van der Waals surface area contributed by atoms with Gasteiger partial charge in [0.15, 0.2) is 0 Å². The lowest BCUT2D eigenvalue weighted by Gasteiger charge is -2.60. The van der Waals surface area contributed by atoms with Crippen molar-refractivity contribution in [1.82, 2.24) is 9.80 Å². The predicted octanol–water partition coefficient (Wildman–Crippen LogP) is 1.01. The van der Waals surface area contributed by atoms with Crippen LogP contribution in [0.5, 0.6) is 0 Å². The van der Waals surface area contributed by atoms with Crippen molar-refractivity contribution in [3.05, 3.63) is 0 Å². The number of piperazine rings is 1. The molecule has 26 heavy (non-hydrogen) atoms. The molecule has 0 bridgehead atoms. The number of hydrogen-bond donors (Lipinski definition) is 0. The SMILES string of the molecule is [B]C1CN(C(C)(C)C)C([B])C([B])([B])N1C(=O)OC(C(F)(F)F)C(F)(F)F. The quantitative estimate of drug-likeness (QED) is 0.507. The summed E-state index contributed by atoms with van der Waals surface area (Å²) in [7, 11) is 23.0. The van der Waals surface area contributed by atoms with E-state index in [1.807, 2.05) is 0 Å². The number of alkyl halides is 6. The van der Waals surface area contributed by atoms with Crippen molar-refractivity contribution in [2.45, 2.75) is 62.0 Å². The van der Waals surface area contributed by atoms with Gasteiger partial charge in [-0.05, 0) is 32.1 Å². The van der Waals surface area contributed by atoms with E-state index in [-0.39, 0.29) is 11.4 Å². The maximum Gasteiger partial charge on any atom is 0.434 e. The lowest BCUT2D eigenvalue weighted by molar-refractivity contribution is -0.309. The second kappa shape index (κ2) is 6.91. The van der Waals surface area contributed by atoms with E-state index in [9.17, 15) is 31.1 Å². The van der Waals surface area contributed by atoms with Crippen LogP contribution in [0.3, 0.4) is 0 Å². The lowest BCUT2D eigenvalue weighted by atomic mass is 9.49. The number of nitrogens with zero attached hydrogens (tertiary/aromatic N) is 2. The molecule has 14 heteroatoms. The van der Waals surface area contributed by atoms with Crippen LogP contribution in [0.1, 0.15) is 20.8 Å². The zero-order chi connectivity index (χ0) is 20.9. The minimum atomic E-state index is -5.89. The molecule has 1 rings (SSSR count). The number of carbonyl (C=O) groups excluding carboxylic acids is 1. The normalized spacial score (nSPS) is 25.4. The molecule has 138 valence electrons. The summed E-state index contributed by atoms with van der Waals surface area (Å²) in [6.45, 7) is 4.89.